The highest BCUT2D eigenvalue weighted by molar-refractivity contribution is 5.91. The van der Waals surface area contributed by atoms with Crippen molar-refractivity contribution in [3.63, 3.8) is 0 Å². The predicted molar refractivity (Wildman–Crippen MR) is 87.1 cm³/mol. The van der Waals surface area contributed by atoms with Gasteiger partial charge in [-0.05, 0) is 42.0 Å². The van der Waals surface area contributed by atoms with Crippen molar-refractivity contribution < 1.29 is 19.8 Å². The van der Waals surface area contributed by atoms with Crippen LogP contribution in [0.4, 0.5) is 5.69 Å². The molecule has 116 valence electrons. The molecule has 0 fully saturated rings. The van der Waals surface area contributed by atoms with Gasteiger partial charge in [0.2, 0.25) is 0 Å². The lowest BCUT2D eigenvalue weighted by Crippen LogP contribution is -2.01. The molecule has 0 unspecified atom stereocenters. The van der Waals surface area contributed by atoms with Gasteiger partial charge in [-0.15, -0.1) is 0 Å². The molecule has 2 aromatic rings. The molecule has 0 heterocycles. The number of rotatable bonds is 5. The Balaban J connectivity index is 2.19. The Morgan fingerprint density at radius 1 is 0.913 bits per heavy atom. The summed E-state index contributed by atoms with van der Waals surface area (Å²) < 4.78 is 0. The van der Waals surface area contributed by atoms with E-state index in [4.69, 9.17) is 15.9 Å². The molecule has 2 rings (SSSR count). The summed E-state index contributed by atoms with van der Waals surface area (Å²) in [7, 11) is 0. The molecular formula is C17H14N2O4. The highest BCUT2D eigenvalue weighted by atomic mass is 16.4. The molecule has 0 spiro atoms. The van der Waals surface area contributed by atoms with E-state index in [0.717, 1.165) is 0 Å². The first-order valence-corrected chi connectivity index (χ1v) is 6.64. The van der Waals surface area contributed by atoms with Gasteiger partial charge in [-0.2, -0.15) is 0 Å². The van der Waals surface area contributed by atoms with Gasteiger partial charge in [-0.25, -0.2) is 9.59 Å². The number of aromatic carboxylic acids is 2. The van der Waals surface area contributed by atoms with E-state index in [9.17, 15) is 9.59 Å². The van der Waals surface area contributed by atoms with E-state index in [1.807, 2.05) is 0 Å². The van der Waals surface area contributed by atoms with Crippen LogP contribution < -0.4 is 5.73 Å². The lowest BCUT2D eigenvalue weighted by Gasteiger charge is -2.02. The monoisotopic (exact) mass is 310 g/mol. The smallest absolute Gasteiger partial charge is 0.335 e. The van der Waals surface area contributed by atoms with Crippen LogP contribution in [0, 0.1) is 0 Å². The lowest BCUT2D eigenvalue weighted by molar-refractivity contribution is 0.0686. The highest BCUT2D eigenvalue weighted by Gasteiger charge is 2.04. The van der Waals surface area contributed by atoms with E-state index in [0.29, 0.717) is 16.9 Å². The topological polar surface area (TPSA) is 113 Å². The summed E-state index contributed by atoms with van der Waals surface area (Å²) in [5.41, 5.74) is 7.58. The third-order valence-corrected chi connectivity index (χ3v) is 3.01. The zero-order valence-electron chi connectivity index (χ0n) is 12.0. The van der Waals surface area contributed by atoms with Crippen molar-refractivity contribution in [2.45, 2.75) is 0 Å². The Kier molecular flexibility index (Phi) is 4.89. The number of hydrogen-bond donors (Lipinski definition) is 3. The number of carbonyl (C=O) groups is 2. The number of carboxylic acids is 2. The number of carboxylic acid groups (broad SMARTS) is 2. The average Bonchev–Trinajstić information content (AvgIpc) is 2.55. The minimum atomic E-state index is -1.03. The third-order valence-electron chi connectivity index (χ3n) is 3.01. The summed E-state index contributed by atoms with van der Waals surface area (Å²) in [4.78, 5) is 25.9. The van der Waals surface area contributed by atoms with Gasteiger partial charge in [0.1, 0.15) is 0 Å². The normalized spacial score (nSPS) is 11.6. The van der Waals surface area contributed by atoms with E-state index in [2.05, 4.69) is 4.99 Å². The maximum atomic E-state index is 10.9. The fourth-order valence-corrected chi connectivity index (χ4v) is 1.85. The SMILES string of the molecule is NC(=CC=Nc1cccc(C(=O)O)c1)c1cccc(C(=O)O)c1. The molecule has 0 aliphatic heterocycles. The second-order valence-electron chi connectivity index (χ2n) is 4.64. The molecule has 0 saturated carbocycles. The van der Waals surface area contributed by atoms with Crippen molar-refractivity contribution in [1.82, 2.24) is 0 Å². The Hall–Kier alpha value is -3.41. The molecule has 23 heavy (non-hydrogen) atoms. The van der Waals surface area contributed by atoms with Crippen molar-refractivity contribution in [2.75, 3.05) is 0 Å². The summed E-state index contributed by atoms with van der Waals surface area (Å²) in [5, 5.41) is 17.9. The van der Waals surface area contributed by atoms with Gasteiger partial charge in [-0.1, -0.05) is 18.2 Å². The van der Waals surface area contributed by atoms with Crippen molar-refractivity contribution in [3.05, 3.63) is 71.3 Å². The molecule has 0 aromatic heterocycles. The molecule has 0 bridgehead atoms. The van der Waals surface area contributed by atoms with Gasteiger partial charge in [0.25, 0.3) is 0 Å². The van der Waals surface area contributed by atoms with Crippen molar-refractivity contribution >= 4 is 29.5 Å². The highest BCUT2D eigenvalue weighted by Crippen LogP contribution is 2.15. The van der Waals surface area contributed by atoms with Crippen LogP contribution in [-0.2, 0) is 0 Å². The van der Waals surface area contributed by atoms with Gasteiger partial charge in [-0.3, -0.25) is 4.99 Å². The molecule has 0 aliphatic carbocycles. The lowest BCUT2D eigenvalue weighted by atomic mass is 10.1. The van der Waals surface area contributed by atoms with Gasteiger partial charge >= 0.3 is 11.9 Å². The number of benzene rings is 2. The Morgan fingerprint density at radius 2 is 1.48 bits per heavy atom. The maximum Gasteiger partial charge on any atom is 0.335 e. The predicted octanol–water partition coefficient (Wildman–Crippen LogP) is 2.79. The maximum absolute atomic E-state index is 10.9. The second kappa shape index (κ2) is 7.04. The molecular weight excluding hydrogens is 296 g/mol. The van der Waals surface area contributed by atoms with Crippen LogP contribution in [0.5, 0.6) is 0 Å². The minimum absolute atomic E-state index is 0.143. The number of allylic oxidation sites excluding steroid dienone is 1. The van der Waals surface area contributed by atoms with Crippen LogP contribution in [0.3, 0.4) is 0 Å². The average molecular weight is 310 g/mol. The van der Waals surface area contributed by atoms with Gasteiger partial charge in [0.05, 0.1) is 16.8 Å². The zero-order valence-corrected chi connectivity index (χ0v) is 12.0. The number of nitrogens with zero attached hydrogens (tertiary/aromatic N) is 1. The van der Waals surface area contributed by atoms with Gasteiger partial charge in [0.15, 0.2) is 0 Å². The first-order chi connectivity index (χ1) is 11.0. The van der Waals surface area contributed by atoms with Crippen molar-refractivity contribution in [2.24, 2.45) is 10.7 Å². The Labute approximate surface area is 132 Å². The van der Waals surface area contributed by atoms with E-state index >= 15 is 0 Å². The first-order valence-electron chi connectivity index (χ1n) is 6.64. The number of nitrogens with two attached hydrogens (primary N) is 1. The molecule has 2 aromatic carbocycles. The molecule has 6 nitrogen and oxygen atoms in total. The zero-order chi connectivity index (χ0) is 16.8. The van der Waals surface area contributed by atoms with Crippen LogP contribution in [0.2, 0.25) is 0 Å². The van der Waals surface area contributed by atoms with Gasteiger partial charge < -0.3 is 15.9 Å². The fourth-order valence-electron chi connectivity index (χ4n) is 1.85. The molecule has 0 radical (unpaired) electrons. The summed E-state index contributed by atoms with van der Waals surface area (Å²) in [5.74, 6) is -2.05. The molecule has 0 aliphatic rings. The summed E-state index contributed by atoms with van der Waals surface area (Å²) in [6, 6.07) is 12.4. The molecule has 6 heteroatoms. The fraction of sp³-hybridized carbons (Fsp3) is 0. The molecule has 0 amide bonds. The Bertz CT molecular complexity index is 810. The van der Waals surface area contributed by atoms with Crippen LogP contribution in [0.1, 0.15) is 26.3 Å². The second-order valence-corrected chi connectivity index (χ2v) is 4.64. The minimum Gasteiger partial charge on any atom is -0.478 e. The van der Waals surface area contributed by atoms with Crippen LogP contribution in [0.25, 0.3) is 5.70 Å². The van der Waals surface area contributed by atoms with E-state index in [-0.39, 0.29) is 11.1 Å². The third kappa shape index (κ3) is 4.28. The summed E-state index contributed by atoms with van der Waals surface area (Å²) >= 11 is 0. The van der Waals surface area contributed by atoms with E-state index in [1.54, 1.807) is 24.3 Å². The largest absolute Gasteiger partial charge is 0.478 e. The van der Waals surface area contributed by atoms with Crippen LogP contribution in [-0.4, -0.2) is 28.4 Å². The van der Waals surface area contributed by atoms with Crippen LogP contribution in [0.15, 0.2) is 59.6 Å². The van der Waals surface area contributed by atoms with E-state index < -0.39 is 11.9 Å². The summed E-state index contributed by atoms with van der Waals surface area (Å²) in [6.45, 7) is 0. The standard InChI is InChI=1S/C17H14N2O4/c18-15(11-3-1-4-12(9-11)16(20)21)7-8-19-14-6-2-5-13(10-14)17(22)23/h1-10H,18H2,(H,20,21)(H,22,23). The number of aliphatic imine (C=N–C) groups is 1. The number of hydrogen-bond acceptors (Lipinski definition) is 4. The van der Waals surface area contributed by atoms with Gasteiger partial charge in [0, 0.05) is 11.9 Å². The first kappa shape index (κ1) is 16.0. The molecule has 0 saturated heterocycles. The molecule has 0 atom stereocenters. The van der Waals surface area contributed by atoms with Crippen molar-refractivity contribution in [3.8, 4) is 0 Å². The van der Waals surface area contributed by atoms with Crippen molar-refractivity contribution in [1.29, 1.82) is 0 Å². The Morgan fingerprint density at radius 3 is 2.13 bits per heavy atom. The van der Waals surface area contributed by atoms with E-state index in [1.165, 1.54) is 36.6 Å². The molecule has 4 N–H and O–H groups in total. The quantitative estimate of drug-likeness (QED) is 0.735. The summed E-state index contributed by atoms with van der Waals surface area (Å²) in [6.07, 6.45) is 2.96. The van der Waals surface area contributed by atoms with Crippen LogP contribution >= 0.6 is 0 Å².